The van der Waals surface area contributed by atoms with Crippen molar-refractivity contribution in [3.8, 4) is 0 Å². The highest BCUT2D eigenvalue weighted by atomic mass is 19.4. The first-order valence-corrected chi connectivity index (χ1v) is 9.97. The van der Waals surface area contributed by atoms with E-state index in [0.717, 1.165) is 7.11 Å². The van der Waals surface area contributed by atoms with Crippen LogP contribution in [-0.4, -0.2) is 38.2 Å². The van der Waals surface area contributed by atoms with Crippen molar-refractivity contribution in [3.05, 3.63) is 77.4 Å². The van der Waals surface area contributed by atoms with E-state index < -0.39 is 29.3 Å². The number of benzene rings is 2. The van der Waals surface area contributed by atoms with Gasteiger partial charge in [0.05, 0.1) is 19.8 Å². The second-order valence-corrected chi connectivity index (χ2v) is 7.13. The van der Waals surface area contributed by atoms with Crippen LogP contribution in [0.2, 0.25) is 0 Å². The third-order valence-corrected chi connectivity index (χ3v) is 4.71. The van der Waals surface area contributed by atoms with Crippen molar-refractivity contribution in [1.82, 2.24) is 0 Å². The SMILES string of the molecule is COC(=O)C(=CC(F)(F)F)c1ccccc1COC(C)=NOC(C)(C(=O)OC)c1ccccc1. The zero-order chi connectivity index (χ0) is 25.4. The van der Waals surface area contributed by atoms with E-state index in [1.807, 2.05) is 0 Å². The van der Waals surface area contributed by atoms with Gasteiger partial charge in [-0.1, -0.05) is 59.8 Å². The lowest BCUT2D eigenvalue weighted by Crippen LogP contribution is -2.35. The number of halogens is 3. The topological polar surface area (TPSA) is 83.4 Å². The van der Waals surface area contributed by atoms with Gasteiger partial charge >= 0.3 is 18.1 Å². The molecule has 0 aliphatic rings. The molecule has 2 aromatic carbocycles. The number of ether oxygens (including phenoxy) is 3. The molecule has 2 rings (SSSR count). The summed E-state index contributed by atoms with van der Waals surface area (Å²) in [6.07, 6.45) is -4.86. The molecule has 0 radical (unpaired) electrons. The summed E-state index contributed by atoms with van der Waals surface area (Å²) in [6, 6.07) is 14.5. The van der Waals surface area contributed by atoms with Gasteiger partial charge in [-0.15, -0.1) is 0 Å². The molecule has 7 nitrogen and oxygen atoms in total. The third-order valence-electron chi connectivity index (χ3n) is 4.71. The van der Waals surface area contributed by atoms with Crippen molar-refractivity contribution in [2.75, 3.05) is 14.2 Å². The lowest BCUT2D eigenvalue weighted by atomic mass is 9.96. The van der Waals surface area contributed by atoms with Crippen LogP contribution in [0.4, 0.5) is 13.2 Å². The molecule has 0 aromatic heterocycles. The van der Waals surface area contributed by atoms with E-state index in [0.29, 0.717) is 5.56 Å². The fourth-order valence-electron chi connectivity index (χ4n) is 2.95. The van der Waals surface area contributed by atoms with Crippen LogP contribution in [0, 0.1) is 0 Å². The summed E-state index contributed by atoms with van der Waals surface area (Å²) in [7, 11) is 2.20. The Hall–Kier alpha value is -3.82. The van der Waals surface area contributed by atoms with Crippen LogP contribution in [0.1, 0.15) is 30.5 Å². The highest BCUT2D eigenvalue weighted by Gasteiger charge is 2.40. The normalized spacial score (nSPS) is 14.1. The molecule has 0 amide bonds. The molecule has 0 aliphatic heterocycles. The van der Waals surface area contributed by atoms with E-state index in [9.17, 15) is 22.8 Å². The number of carbonyl (C=O) groups excluding carboxylic acids is 2. The fraction of sp³-hybridized carbons (Fsp3) is 0.292. The van der Waals surface area contributed by atoms with Crippen molar-refractivity contribution in [3.63, 3.8) is 0 Å². The summed E-state index contributed by atoms with van der Waals surface area (Å²) >= 11 is 0. The summed E-state index contributed by atoms with van der Waals surface area (Å²) in [5.74, 6) is -1.85. The Bertz CT molecular complexity index is 1070. The van der Waals surface area contributed by atoms with Crippen LogP contribution in [0.3, 0.4) is 0 Å². The first kappa shape index (κ1) is 26.4. The number of oxime groups is 1. The van der Waals surface area contributed by atoms with E-state index in [1.54, 1.807) is 36.4 Å². The van der Waals surface area contributed by atoms with Crippen LogP contribution in [0.5, 0.6) is 0 Å². The maximum absolute atomic E-state index is 13.0. The smallest absolute Gasteiger partial charge is 0.410 e. The Morgan fingerprint density at radius 2 is 1.59 bits per heavy atom. The Morgan fingerprint density at radius 3 is 2.18 bits per heavy atom. The molecule has 182 valence electrons. The van der Waals surface area contributed by atoms with Crippen LogP contribution in [-0.2, 0) is 40.8 Å². The molecular weight excluding hydrogens is 455 g/mol. The second kappa shape index (κ2) is 11.4. The Balaban J connectivity index is 2.26. The van der Waals surface area contributed by atoms with Crippen molar-refractivity contribution >= 4 is 23.4 Å². The van der Waals surface area contributed by atoms with E-state index in [-0.39, 0.29) is 29.7 Å². The average molecular weight is 479 g/mol. The van der Waals surface area contributed by atoms with E-state index in [1.165, 1.54) is 39.2 Å². The molecule has 10 heteroatoms. The van der Waals surface area contributed by atoms with Crippen LogP contribution < -0.4 is 0 Å². The predicted molar refractivity (Wildman–Crippen MR) is 117 cm³/mol. The van der Waals surface area contributed by atoms with Gasteiger partial charge in [-0.2, -0.15) is 13.2 Å². The van der Waals surface area contributed by atoms with Crippen molar-refractivity contribution < 1.29 is 41.8 Å². The number of esters is 2. The number of alkyl halides is 3. The summed E-state index contributed by atoms with van der Waals surface area (Å²) < 4.78 is 53.8. The lowest BCUT2D eigenvalue weighted by molar-refractivity contribution is -0.169. The summed E-state index contributed by atoms with van der Waals surface area (Å²) in [5.41, 5.74) is -1.47. The highest BCUT2D eigenvalue weighted by Crippen LogP contribution is 2.29. The second-order valence-electron chi connectivity index (χ2n) is 7.13. The standard InChI is InChI=1S/C24H24F3NO6/c1-16(28-34-23(2,22(30)32-4)18-11-6-5-7-12-18)33-15-17-10-8-9-13-19(17)20(21(29)31-3)14-24(25,26)27/h5-14H,15H2,1-4H3. The predicted octanol–water partition coefficient (Wildman–Crippen LogP) is 4.76. The number of allylic oxidation sites excluding steroid dienone is 1. The molecule has 1 atom stereocenters. The zero-order valence-electron chi connectivity index (χ0n) is 19.0. The summed E-state index contributed by atoms with van der Waals surface area (Å²) in [5, 5.41) is 3.85. The van der Waals surface area contributed by atoms with Gasteiger partial charge in [0.2, 0.25) is 5.90 Å². The number of hydrogen-bond acceptors (Lipinski definition) is 7. The van der Waals surface area contributed by atoms with E-state index >= 15 is 0 Å². The molecule has 0 bridgehead atoms. The fourth-order valence-corrected chi connectivity index (χ4v) is 2.95. The van der Waals surface area contributed by atoms with Crippen LogP contribution in [0.15, 0.2) is 65.8 Å². The van der Waals surface area contributed by atoms with Gasteiger partial charge in [0.25, 0.3) is 5.60 Å². The number of methoxy groups -OCH3 is 2. The van der Waals surface area contributed by atoms with E-state index in [4.69, 9.17) is 14.3 Å². The highest BCUT2D eigenvalue weighted by molar-refractivity contribution is 6.17. The molecule has 2 aromatic rings. The molecule has 34 heavy (non-hydrogen) atoms. The van der Waals surface area contributed by atoms with Crippen LogP contribution in [0.25, 0.3) is 5.57 Å². The Morgan fingerprint density at radius 1 is 0.971 bits per heavy atom. The Kier molecular flexibility index (Phi) is 8.83. The van der Waals surface area contributed by atoms with Crippen molar-refractivity contribution in [2.24, 2.45) is 5.16 Å². The Labute approximate surface area is 194 Å². The number of carbonyl (C=O) groups is 2. The molecule has 0 heterocycles. The molecule has 0 saturated heterocycles. The van der Waals surface area contributed by atoms with Gasteiger partial charge in [-0.25, -0.2) is 9.59 Å². The molecule has 0 saturated carbocycles. The van der Waals surface area contributed by atoms with Crippen molar-refractivity contribution in [1.29, 1.82) is 0 Å². The molecule has 0 N–H and O–H groups in total. The van der Waals surface area contributed by atoms with Gasteiger partial charge in [0.15, 0.2) is 0 Å². The lowest BCUT2D eigenvalue weighted by Gasteiger charge is -2.24. The van der Waals surface area contributed by atoms with Gasteiger partial charge < -0.3 is 19.0 Å². The van der Waals surface area contributed by atoms with Gasteiger partial charge in [0.1, 0.15) is 6.61 Å². The molecular formula is C24H24F3NO6. The van der Waals surface area contributed by atoms with E-state index in [2.05, 4.69) is 9.89 Å². The third kappa shape index (κ3) is 6.84. The first-order chi connectivity index (χ1) is 16.0. The minimum absolute atomic E-state index is 0.0101. The van der Waals surface area contributed by atoms with Crippen LogP contribution >= 0.6 is 0 Å². The minimum Gasteiger partial charge on any atom is -0.474 e. The molecule has 1 unspecified atom stereocenters. The largest absolute Gasteiger partial charge is 0.474 e. The monoisotopic (exact) mass is 479 g/mol. The zero-order valence-corrected chi connectivity index (χ0v) is 19.0. The molecule has 0 fully saturated rings. The maximum Gasteiger partial charge on any atom is 0.410 e. The maximum atomic E-state index is 13.0. The first-order valence-electron chi connectivity index (χ1n) is 9.97. The summed E-state index contributed by atoms with van der Waals surface area (Å²) in [4.78, 5) is 29.8. The van der Waals surface area contributed by atoms with Gasteiger partial charge in [-0.05, 0) is 18.1 Å². The minimum atomic E-state index is -4.74. The number of rotatable bonds is 8. The van der Waals surface area contributed by atoms with Gasteiger partial charge in [0, 0.05) is 18.6 Å². The number of hydrogen-bond donors (Lipinski definition) is 0. The summed E-state index contributed by atoms with van der Waals surface area (Å²) in [6.45, 7) is 2.68. The number of nitrogens with zero attached hydrogens (tertiary/aromatic N) is 1. The molecule has 0 spiro atoms. The molecule has 0 aliphatic carbocycles. The van der Waals surface area contributed by atoms with Crippen molar-refractivity contribution in [2.45, 2.75) is 32.2 Å². The van der Waals surface area contributed by atoms with Gasteiger partial charge in [-0.3, -0.25) is 0 Å². The quantitative estimate of drug-likeness (QED) is 0.179. The average Bonchev–Trinajstić information content (AvgIpc) is 2.83.